The summed E-state index contributed by atoms with van der Waals surface area (Å²) in [5, 5.41) is 10.6. The lowest BCUT2D eigenvalue weighted by Gasteiger charge is -2.09. The van der Waals surface area contributed by atoms with Gasteiger partial charge in [0.25, 0.3) is 15.8 Å². The van der Waals surface area contributed by atoms with Crippen molar-refractivity contribution in [2.45, 2.75) is 4.90 Å². The van der Waals surface area contributed by atoms with Crippen molar-refractivity contribution in [3.63, 3.8) is 0 Å². The molecule has 0 spiro atoms. The van der Waals surface area contributed by atoms with Crippen molar-refractivity contribution < 1.29 is 50.7 Å². The highest BCUT2D eigenvalue weighted by atomic mass is 32.2. The van der Waals surface area contributed by atoms with Crippen LogP contribution in [0.5, 0.6) is 5.75 Å². The van der Waals surface area contributed by atoms with Crippen LogP contribution in [0.4, 0.5) is 5.69 Å². The molecule has 0 heterocycles. The highest BCUT2D eigenvalue weighted by Gasteiger charge is 2.13. The van der Waals surface area contributed by atoms with Crippen molar-refractivity contribution in [2.75, 3.05) is 92.5 Å². The Balaban J connectivity index is 1.25. The van der Waals surface area contributed by atoms with Crippen LogP contribution in [-0.2, 0) is 42.7 Å². The number of ether oxygens (including phenoxy) is 7. The van der Waals surface area contributed by atoms with Gasteiger partial charge in [0.1, 0.15) is 12.4 Å². The predicted octanol–water partition coefficient (Wildman–Crippen LogP) is 2.48. The smallest absolute Gasteiger partial charge is 0.297 e. The second kappa shape index (κ2) is 21.1. The summed E-state index contributed by atoms with van der Waals surface area (Å²) in [5.41, 5.74) is 0.0169. The fourth-order valence-corrected chi connectivity index (χ4v) is 3.86. The first-order chi connectivity index (χ1) is 19.5. The van der Waals surface area contributed by atoms with E-state index < -0.39 is 15.0 Å². The molecule has 0 aliphatic heterocycles. The molecule has 2 aromatic rings. The Kier molecular flexibility index (Phi) is 17.7. The monoisotopic (exact) mass is 587 g/mol. The summed E-state index contributed by atoms with van der Waals surface area (Å²) in [6.45, 7) is 4.89. The van der Waals surface area contributed by atoms with E-state index in [2.05, 4.69) is 0 Å². The van der Waals surface area contributed by atoms with Gasteiger partial charge in [-0.15, -0.1) is 0 Å². The van der Waals surface area contributed by atoms with Crippen LogP contribution in [0.15, 0.2) is 59.5 Å². The lowest BCUT2D eigenvalue weighted by molar-refractivity contribution is -0.384. The number of nitro benzene ring substituents is 1. The summed E-state index contributed by atoms with van der Waals surface area (Å²) < 4.78 is 66.6. The lowest BCUT2D eigenvalue weighted by Crippen LogP contribution is -2.15. The Hall–Kier alpha value is -2.69. The van der Waals surface area contributed by atoms with E-state index in [1.165, 1.54) is 24.3 Å². The average molecular weight is 588 g/mol. The van der Waals surface area contributed by atoms with Crippen LogP contribution in [0.3, 0.4) is 0 Å². The number of nitrogens with zero attached hydrogens (tertiary/aromatic N) is 1. The normalized spacial score (nSPS) is 11.5. The van der Waals surface area contributed by atoms with Crippen molar-refractivity contribution in [1.29, 1.82) is 0 Å². The van der Waals surface area contributed by atoms with Gasteiger partial charge in [-0.1, -0.05) is 18.2 Å². The minimum Gasteiger partial charge on any atom is -0.491 e. The molecule has 0 fully saturated rings. The molecule has 0 saturated carbocycles. The van der Waals surface area contributed by atoms with Crippen molar-refractivity contribution in [3.05, 3.63) is 64.7 Å². The molecule has 0 unspecified atom stereocenters. The molecule has 0 saturated heterocycles. The molecular formula is C26H37NO12S. The third-order valence-electron chi connectivity index (χ3n) is 4.90. The van der Waals surface area contributed by atoms with Crippen LogP contribution in [0.1, 0.15) is 0 Å². The summed E-state index contributed by atoms with van der Waals surface area (Å²) in [7, 11) is -3.76. The van der Waals surface area contributed by atoms with Gasteiger partial charge in [-0.3, -0.25) is 14.3 Å². The number of rotatable bonds is 25. The largest absolute Gasteiger partial charge is 0.491 e. The quantitative estimate of drug-likeness (QED) is 0.0726. The van der Waals surface area contributed by atoms with E-state index in [1.54, 1.807) is 30.3 Å². The van der Waals surface area contributed by atoms with Crippen molar-refractivity contribution >= 4 is 15.8 Å². The molecular weight excluding hydrogens is 550 g/mol. The van der Waals surface area contributed by atoms with E-state index in [4.69, 9.17) is 37.3 Å². The van der Waals surface area contributed by atoms with Crippen LogP contribution in [0, 0.1) is 10.1 Å². The lowest BCUT2D eigenvalue weighted by atomic mass is 10.3. The molecule has 2 rings (SSSR count). The Labute approximate surface area is 234 Å². The minimum absolute atomic E-state index is 0.0169. The maximum Gasteiger partial charge on any atom is 0.297 e. The Bertz CT molecular complexity index is 1020. The Morgan fingerprint density at radius 3 is 1.38 bits per heavy atom. The molecule has 13 nitrogen and oxygen atoms in total. The second-order valence-corrected chi connectivity index (χ2v) is 9.48. The SMILES string of the molecule is O=[N+]([O-])c1ccc(OCCOCCOCCOCCOCCOCCOCCOS(=O)(=O)c2ccccc2)cc1. The van der Waals surface area contributed by atoms with Gasteiger partial charge in [0.2, 0.25) is 0 Å². The Morgan fingerprint density at radius 2 is 0.950 bits per heavy atom. The van der Waals surface area contributed by atoms with Crippen LogP contribution < -0.4 is 4.74 Å². The van der Waals surface area contributed by atoms with Crippen LogP contribution in [0.2, 0.25) is 0 Å². The maximum absolute atomic E-state index is 11.9. The maximum atomic E-state index is 11.9. The third kappa shape index (κ3) is 15.8. The molecule has 0 N–H and O–H groups in total. The number of non-ortho nitro benzene ring substituents is 1. The first-order valence-corrected chi connectivity index (χ1v) is 14.2. The van der Waals surface area contributed by atoms with E-state index in [-0.39, 0.29) is 23.8 Å². The number of hydrogen-bond acceptors (Lipinski definition) is 12. The van der Waals surface area contributed by atoms with Crippen LogP contribution in [0.25, 0.3) is 0 Å². The van der Waals surface area contributed by atoms with E-state index in [0.29, 0.717) is 85.0 Å². The number of hydrogen-bond donors (Lipinski definition) is 0. The van der Waals surface area contributed by atoms with E-state index in [0.717, 1.165) is 0 Å². The number of benzene rings is 2. The standard InChI is InChI=1S/C26H37NO12S/c28-27(29)24-6-8-25(9-7-24)38-22-20-36-18-16-34-14-12-32-10-11-33-13-15-35-17-19-37-21-23-39-40(30,31)26-4-2-1-3-5-26/h1-9H,10-23H2. The average Bonchev–Trinajstić information content (AvgIpc) is 2.96. The molecule has 0 bridgehead atoms. The van der Waals surface area contributed by atoms with Gasteiger partial charge in [0.15, 0.2) is 0 Å². The summed E-state index contributed by atoms with van der Waals surface area (Å²) in [5.74, 6) is 0.545. The molecule has 14 heteroatoms. The molecule has 2 aromatic carbocycles. The molecule has 40 heavy (non-hydrogen) atoms. The zero-order valence-corrected chi connectivity index (χ0v) is 23.2. The zero-order chi connectivity index (χ0) is 28.7. The highest BCUT2D eigenvalue weighted by molar-refractivity contribution is 7.86. The van der Waals surface area contributed by atoms with Gasteiger partial charge in [-0.2, -0.15) is 8.42 Å². The number of nitro groups is 1. The highest BCUT2D eigenvalue weighted by Crippen LogP contribution is 2.17. The molecule has 0 aliphatic rings. The van der Waals surface area contributed by atoms with Crippen molar-refractivity contribution in [1.82, 2.24) is 0 Å². The summed E-state index contributed by atoms with van der Waals surface area (Å²) in [6.07, 6.45) is 0. The van der Waals surface area contributed by atoms with Gasteiger partial charge in [0, 0.05) is 12.1 Å². The van der Waals surface area contributed by atoms with E-state index in [9.17, 15) is 18.5 Å². The summed E-state index contributed by atoms with van der Waals surface area (Å²) in [6, 6.07) is 13.8. The molecule has 0 aliphatic carbocycles. The first kappa shape index (κ1) is 33.5. The summed E-state index contributed by atoms with van der Waals surface area (Å²) >= 11 is 0. The van der Waals surface area contributed by atoms with Crippen molar-refractivity contribution in [2.24, 2.45) is 0 Å². The molecule has 0 aromatic heterocycles. The third-order valence-corrected chi connectivity index (χ3v) is 6.23. The zero-order valence-electron chi connectivity index (χ0n) is 22.4. The van der Waals surface area contributed by atoms with Gasteiger partial charge in [-0.25, -0.2) is 0 Å². The van der Waals surface area contributed by atoms with Crippen molar-refractivity contribution in [3.8, 4) is 5.75 Å². The topological polar surface area (TPSA) is 151 Å². The van der Waals surface area contributed by atoms with Gasteiger partial charge in [-0.05, 0) is 24.3 Å². The Morgan fingerprint density at radius 1 is 0.550 bits per heavy atom. The predicted molar refractivity (Wildman–Crippen MR) is 143 cm³/mol. The fraction of sp³-hybridized carbons (Fsp3) is 0.538. The van der Waals surface area contributed by atoms with Gasteiger partial charge >= 0.3 is 0 Å². The van der Waals surface area contributed by atoms with E-state index in [1.807, 2.05) is 0 Å². The summed E-state index contributed by atoms with van der Waals surface area (Å²) in [4.78, 5) is 10.3. The minimum atomic E-state index is -3.76. The molecule has 224 valence electrons. The van der Waals surface area contributed by atoms with Gasteiger partial charge in [0.05, 0.1) is 95.7 Å². The van der Waals surface area contributed by atoms with Crippen LogP contribution in [-0.4, -0.2) is 106 Å². The van der Waals surface area contributed by atoms with Gasteiger partial charge < -0.3 is 33.2 Å². The second-order valence-electron chi connectivity index (χ2n) is 7.86. The first-order valence-electron chi connectivity index (χ1n) is 12.8. The molecule has 0 radical (unpaired) electrons. The molecule has 0 atom stereocenters. The molecule has 0 amide bonds. The van der Waals surface area contributed by atoms with Crippen LogP contribution >= 0.6 is 0 Å². The fourth-order valence-electron chi connectivity index (χ4n) is 2.94. The van der Waals surface area contributed by atoms with E-state index >= 15 is 0 Å².